The van der Waals surface area contributed by atoms with Gasteiger partial charge in [-0.15, -0.1) is 0 Å². The van der Waals surface area contributed by atoms with E-state index in [9.17, 15) is 9.50 Å². The highest BCUT2D eigenvalue weighted by atomic mass is 19.1. The molecule has 0 fully saturated rings. The van der Waals surface area contributed by atoms with Gasteiger partial charge in [-0.05, 0) is 36.1 Å². The number of aliphatic hydroxyl groups is 1. The van der Waals surface area contributed by atoms with E-state index in [4.69, 9.17) is 0 Å². The van der Waals surface area contributed by atoms with Crippen LogP contribution in [0.3, 0.4) is 0 Å². The minimum absolute atomic E-state index is 0.236. The van der Waals surface area contributed by atoms with Crippen LogP contribution >= 0.6 is 0 Å². The van der Waals surface area contributed by atoms with Gasteiger partial charge in [0.1, 0.15) is 11.4 Å². The molecule has 0 radical (unpaired) electrons. The largest absolute Gasteiger partial charge is 0.379 e. The Kier molecular flexibility index (Phi) is 2.10. The fraction of sp³-hybridized carbons (Fsp3) is 0.308. The van der Waals surface area contributed by atoms with Crippen molar-refractivity contribution in [2.75, 3.05) is 0 Å². The topological polar surface area (TPSA) is 38.0 Å². The van der Waals surface area contributed by atoms with Crippen LogP contribution in [-0.2, 0) is 19.1 Å². The number of hydrogen-bond acceptors (Lipinski definition) is 2. The van der Waals surface area contributed by atoms with Crippen molar-refractivity contribution in [3.63, 3.8) is 0 Å². The fourth-order valence-electron chi connectivity index (χ4n) is 2.69. The molecule has 1 N–H and O–H groups in total. The van der Waals surface area contributed by atoms with E-state index < -0.39 is 5.60 Å². The molecule has 1 aromatic carbocycles. The first kappa shape index (κ1) is 10.5. The molecule has 1 heterocycles. The van der Waals surface area contributed by atoms with Crippen molar-refractivity contribution in [2.45, 2.75) is 18.4 Å². The molecule has 1 aromatic heterocycles. The molecule has 0 saturated carbocycles. The average molecular weight is 232 g/mol. The molecule has 17 heavy (non-hydrogen) atoms. The van der Waals surface area contributed by atoms with Gasteiger partial charge in [0.25, 0.3) is 0 Å². The normalized spacial score (nSPS) is 22.8. The maximum absolute atomic E-state index is 13.6. The standard InChI is InChI=1S/C13H13FN2O/c1-16-12(6-8-15-16)13(17)7-5-9-10(13)3-2-4-11(9)14/h2-4,6,8,17H,5,7H2,1H3. The van der Waals surface area contributed by atoms with E-state index in [1.807, 2.05) is 0 Å². The van der Waals surface area contributed by atoms with Crippen LogP contribution in [0.15, 0.2) is 30.5 Å². The van der Waals surface area contributed by atoms with E-state index in [1.54, 1.807) is 36.1 Å². The molecule has 4 heteroatoms. The van der Waals surface area contributed by atoms with E-state index in [-0.39, 0.29) is 5.82 Å². The zero-order valence-electron chi connectivity index (χ0n) is 9.52. The highest BCUT2D eigenvalue weighted by Gasteiger charge is 2.41. The first-order valence-electron chi connectivity index (χ1n) is 5.61. The summed E-state index contributed by atoms with van der Waals surface area (Å²) in [7, 11) is 1.78. The number of hydrogen-bond donors (Lipinski definition) is 1. The molecule has 1 aliphatic rings. The Morgan fingerprint density at radius 2 is 2.24 bits per heavy atom. The first-order valence-corrected chi connectivity index (χ1v) is 5.61. The monoisotopic (exact) mass is 232 g/mol. The summed E-state index contributed by atoms with van der Waals surface area (Å²) in [4.78, 5) is 0. The van der Waals surface area contributed by atoms with Crippen LogP contribution in [-0.4, -0.2) is 14.9 Å². The molecule has 0 saturated heterocycles. The lowest BCUT2D eigenvalue weighted by Crippen LogP contribution is -2.27. The molecule has 88 valence electrons. The lowest BCUT2D eigenvalue weighted by Gasteiger charge is -2.24. The van der Waals surface area contributed by atoms with Crippen LogP contribution in [0.4, 0.5) is 4.39 Å². The summed E-state index contributed by atoms with van der Waals surface area (Å²) in [5.74, 6) is -0.236. The third kappa shape index (κ3) is 1.34. The van der Waals surface area contributed by atoms with E-state index >= 15 is 0 Å². The molecule has 3 rings (SSSR count). The summed E-state index contributed by atoms with van der Waals surface area (Å²) >= 11 is 0. The highest BCUT2D eigenvalue weighted by molar-refractivity contribution is 5.43. The predicted octanol–water partition coefficient (Wildman–Crippen LogP) is 1.74. The maximum atomic E-state index is 13.6. The van der Waals surface area contributed by atoms with Crippen molar-refractivity contribution >= 4 is 0 Å². The third-order valence-electron chi connectivity index (χ3n) is 3.55. The molecule has 2 aromatic rings. The Labute approximate surface area is 98.5 Å². The maximum Gasteiger partial charge on any atom is 0.132 e. The van der Waals surface area contributed by atoms with Crippen molar-refractivity contribution in [1.82, 2.24) is 9.78 Å². The summed E-state index contributed by atoms with van der Waals surface area (Å²) in [6, 6.07) is 6.65. The van der Waals surface area contributed by atoms with Crippen molar-refractivity contribution < 1.29 is 9.50 Å². The van der Waals surface area contributed by atoms with Gasteiger partial charge in [0.2, 0.25) is 0 Å². The molecule has 0 amide bonds. The Morgan fingerprint density at radius 1 is 1.41 bits per heavy atom. The van der Waals surface area contributed by atoms with E-state index in [0.717, 1.165) is 0 Å². The van der Waals surface area contributed by atoms with Crippen molar-refractivity contribution in [3.05, 3.63) is 53.1 Å². The predicted molar refractivity (Wildman–Crippen MR) is 60.9 cm³/mol. The summed E-state index contributed by atoms with van der Waals surface area (Å²) < 4.78 is 15.3. The first-order chi connectivity index (χ1) is 8.13. The lowest BCUT2D eigenvalue weighted by molar-refractivity contribution is 0.0740. The van der Waals surface area contributed by atoms with Gasteiger partial charge < -0.3 is 5.11 Å². The van der Waals surface area contributed by atoms with Crippen molar-refractivity contribution in [1.29, 1.82) is 0 Å². The molecule has 0 spiro atoms. The van der Waals surface area contributed by atoms with Crippen LogP contribution in [0.25, 0.3) is 0 Å². The van der Waals surface area contributed by atoms with Gasteiger partial charge in [0.05, 0.1) is 5.69 Å². The summed E-state index contributed by atoms with van der Waals surface area (Å²) in [6.45, 7) is 0. The number of rotatable bonds is 1. The molecule has 0 bridgehead atoms. The van der Waals surface area contributed by atoms with Gasteiger partial charge in [-0.25, -0.2) is 4.39 Å². The third-order valence-corrected chi connectivity index (χ3v) is 3.55. The van der Waals surface area contributed by atoms with Gasteiger partial charge in [0, 0.05) is 13.2 Å². The molecule has 1 atom stereocenters. The van der Waals surface area contributed by atoms with Crippen LogP contribution in [0.5, 0.6) is 0 Å². The van der Waals surface area contributed by atoms with Gasteiger partial charge in [-0.1, -0.05) is 12.1 Å². The molecule has 0 aliphatic heterocycles. The number of benzene rings is 1. The Bertz CT molecular complexity index is 579. The van der Waals surface area contributed by atoms with Crippen LogP contribution in [0, 0.1) is 5.82 Å². The number of halogens is 1. The van der Waals surface area contributed by atoms with Gasteiger partial charge in [0.15, 0.2) is 0 Å². The SMILES string of the molecule is Cn1nccc1C1(O)CCc2c(F)cccc21. The Hall–Kier alpha value is -1.68. The second-order valence-electron chi connectivity index (χ2n) is 4.47. The smallest absolute Gasteiger partial charge is 0.132 e. The molecule has 3 nitrogen and oxygen atoms in total. The Balaban J connectivity index is 2.21. The van der Waals surface area contributed by atoms with E-state index in [0.29, 0.717) is 29.7 Å². The van der Waals surface area contributed by atoms with Gasteiger partial charge >= 0.3 is 0 Å². The second kappa shape index (κ2) is 3.40. The zero-order valence-corrected chi connectivity index (χ0v) is 9.52. The summed E-state index contributed by atoms with van der Waals surface area (Å²) in [5.41, 5.74) is 0.891. The van der Waals surface area contributed by atoms with Crippen molar-refractivity contribution in [3.8, 4) is 0 Å². The second-order valence-corrected chi connectivity index (χ2v) is 4.47. The summed E-state index contributed by atoms with van der Waals surface area (Å²) in [6.07, 6.45) is 2.71. The minimum Gasteiger partial charge on any atom is -0.379 e. The minimum atomic E-state index is -1.11. The van der Waals surface area contributed by atoms with Crippen LogP contribution in [0.1, 0.15) is 23.2 Å². The van der Waals surface area contributed by atoms with Crippen LogP contribution in [0.2, 0.25) is 0 Å². The molecular weight excluding hydrogens is 219 g/mol. The fourth-order valence-corrected chi connectivity index (χ4v) is 2.69. The molecular formula is C13H13FN2O. The van der Waals surface area contributed by atoms with Crippen LogP contribution < -0.4 is 0 Å². The number of aryl methyl sites for hydroxylation is 1. The quantitative estimate of drug-likeness (QED) is 0.813. The lowest BCUT2D eigenvalue weighted by atomic mass is 9.92. The van der Waals surface area contributed by atoms with Gasteiger partial charge in [-0.2, -0.15) is 5.10 Å². The van der Waals surface area contributed by atoms with Crippen molar-refractivity contribution in [2.24, 2.45) is 7.05 Å². The number of fused-ring (bicyclic) bond motifs is 1. The number of aromatic nitrogens is 2. The highest BCUT2D eigenvalue weighted by Crippen LogP contribution is 2.42. The van der Waals surface area contributed by atoms with Gasteiger partial charge in [-0.3, -0.25) is 4.68 Å². The number of nitrogens with zero attached hydrogens (tertiary/aromatic N) is 2. The Morgan fingerprint density at radius 3 is 2.94 bits per heavy atom. The molecule has 1 aliphatic carbocycles. The average Bonchev–Trinajstić information content (AvgIpc) is 2.86. The van der Waals surface area contributed by atoms with E-state index in [1.165, 1.54) is 6.07 Å². The molecule has 1 unspecified atom stereocenters. The summed E-state index contributed by atoms with van der Waals surface area (Å²) in [5, 5.41) is 14.8. The zero-order chi connectivity index (χ0) is 12.0. The van der Waals surface area contributed by atoms with E-state index in [2.05, 4.69) is 5.10 Å².